The summed E-state index contributed by atoms with van der Waals surface area (Å²) in [6, 6.07) is 14.1. The first-order valence-electron chi connectivity index (χ1n) is 6.85. The van der Waals surface area contributed by atoms with Crippen molar-refractivity contribution < 1.29 is 14.5 Å². The molecule has 24 heavy (non-hydrogen) atoms. The normalized spacial score (nSPS) is 10.6. The Kier molecular flexibility index (Phi) is 5.26. The van der Waals surface area contributed by atoms with Crippen molar-refractivity contribution in [3.8, 4) is 11.8 Å². The Labute approximate surface area is 137 Å². The highest BCUT2D eigenvalue weighted by molar-refractivity contribution is 6.09. The van der Waals surface area contributed by atoms with Gasteiger partial charge in [0.2, 0.25) is 0 Å². The molecule has 2 aromatic rings. The summed E-state index contributed by atoms with van der Waals surface area (Å²) < 4.78 is 5.04. The minimum Gasteiger partial charge on any atom is -0.497 e. The average Bonchev–Trinajstić information content (AvgIpc) is 2.60. The Bertz CT molecular complexity index is 818. The quantitative estimate of drug-likeness (QED) is 0.394. The van der Waals surface area contributed by atoms with Gasteiger partial charge < -0.3 is 10.1 Å². The number of non-ortho nitro benzene ring substituents is 1. The van der Waals surface area contributed by atoms with Gasteiger partial charge in [0.15, 0.2) is 0 Å². The van der Waals surface area contributed by atoms with Crippen molar-refractivity contribution in [3.63, 3.8) is 0 Å². The van der Waals surface area contributed by atoms with Crippen LogP contribution >= 0.6 is 0 Å². The summed E-state index contributed by atoms with van der Waals surface area (Å²) in [5.41, 5.74) is 0.869. The number of rotatable bonds is 5. The molecule has 2 rings (SSSR count). The predicted molar refractivity (Wildman–Crippen MR) is 88.3 cm³/mol. The van der Waals surface area contributed by atoms with E-state index in [1.54, 1.807) is 31.4 Å². The van der Waals surface area contributed by atoms with Crippen molar-refractivity contribution in [3.05, 3.63) is 69.8 Å². The topological polar surface area (TPSA) is 105 Å². The lowest BCUT2D eigenvalue weighted by Crippen LogP contribution is -2.13. The Morgan fingerprint density at radius 2 is 1.83 bits per heavy atom. The molecule has 0 radical (unpaired) electrons. The van der Waals surface area contributed by atoms with E-state index in [-0.39, 0.29) is 11.3 Å². The fourth-order valence-corrected chi connectivity index (χ4v) is 1.88. The lowest BCUT2D eigenvalue weighted by molar-refractivity contribution is -0.384. The molecular formula is C17H13N3O4. The number of nitro benzene ring substituents is 1. The minimum absolute atomic E-state index is 0.0812. The van der Waals surface area contributed by atoms with E-state index in [2.05, 4.69) is 5.32 Å². The standard InChI is InChI=1S/C17H13N3O4/c1-24-16-8-2-12(3-9-16)10-13(11-18)17(21)19-14-4-6-15(7-5-14)20(22)23/h2-10H,1H3,(H,19,21)/b13-10-. The van der Waals surface area contributed by atoms with Crippen molar-refractivity contribution in [1.82, 2.24) is 0 Å². The van der Waals surface area contributed by atoms with Gasteiger partial charge in [-0.05, 0) is 35.9 Å². The highest BCUT2D eigenvalue weighted by atomic mass is 16.6. The van der Waals surface area contributed by atoms with Crippen LogP contribution in [-0.4, -0.2) is 17.9 Å². The molecule has 0 aliphatic heterocycles. The number of benzene rings is 2. The first-order valence-corrected chi connectivity index (χ1v) is 6.85. The van der Waals surface area contributed by atoms with E-state index >= 15 is 0 Å². The van der Waals surface area contributed by atoms with Crippen LogP contribution in [0, 0.1) is 21.4 Å². The van der Waals surface area contributed by atoms with Gasteiger partial charge in [-0.15, -0.1) is 0 Å². The summed E-state index contributed by atoms with van der Waals surface area (Å²) in [5, 5.41) is 22.3. The van der Waals surface area contributed by atoms with E-state index in [1.807, 2.05) is 6.07 Å². The number of nitrogens with one attached hydrogen (secondary N) is 1. The van der Waals surface area contributed by atoms with Gasteiger partial charge >= 0.3 is 0 Å². The molecule has 1 N–H and O–H groups in total. The minimum atomic E-state index is -0.595. The van der Waals surface area contributed by atoms with Crippen LogP contribution in [0.4, 0.5) is 11.4 Å². The Balaban J connectivity index is 2.14. The second kappa shape index (κ2) is 7.56. The van der Waals surface area contributed by atoms with Crippen molar-refractivity contribution >= 4 is 23.4 Å². The monoisotopic (exact) mass is 323 g/mol. The molecule has 0 unspecified atom stereocenters. The van der Waals surface area contributed by atoms with Crippen LogP contribution in [0.15, 0.2) is 54.1 Å². The molecule has 0 saturated carbocycles. The average molecular weight is 323 g/mol. The second-order valence-electron chi connectivity index (χ2n) is 4.70. The molecular weight excluding hydrogens is 310 g/mol. The van der Waals surface area contributed by atoms with E-state index in [1.165, 1.54) is 30.3 Å². The van der Waals surface area contributed by atoms with Gasteiger partial charge in [-0.25, -0.2) is 0 Å². The molecule has 1 amide bonds. The third kappa shape index (κ3) is 4.18. The number of ether oxygens (including phenoxy) is 1. The molecule has 0 fully saturated rings. The number of nitrogens with zero attached hydrogens (tertiary/aromatic N) is 2. The van der Waals surface area contributed by atoms with Gasteiger partial charge in [0.25, 0.3) is 11.6 Å². The van der Waals surface area contributed by atoms with E-state index in [9.17, 15) is 14.9 Å². The van der Waals surface area contributed by atoms with Gasteiger partial charge in [-0.1, -0.05) is 12.1 Å². The number of hydrogen-bond donors (Lipinski definition) is 1. The SMILES string of the molecule is COc1ccc(/C=C(/C#N)C(=O)Nc2ccc([N+](=O)[O-])cc2)cc1. The maximum atomic E-state index is 12.1. The first kappa shape index (κ1) is 16.7. The van der Waals surface area contributed by atoms with E-state index in [0.717, 1.165) is 0 Å². The lowest BCUT2D eigenvalue weighted by atomic mass is 10.1. The number of anilines is 1. The van der Waals surface area contributed by atoms with E-state index in [0.29, 0.717) is 17.0 Å². The molecule has 0 heterocycles. The zero-order valence-electron chi connectivity index (χ0n) is 12.7. The number of amides is 1. The molecule has 0 aromatic heterocycles. The van der Waals surface area contributed by atoms with Crippen LogP contribution in [0.25, 0.3) is 6.08 Å². The summed E-state index contributed by atoms with van der Waals surface area (Å²) >= 11 is 0. The molecule has 0 bridgehead atoms. The number of hydrogen-bond acceptors (Lipinski definition) is 5. The molecule has 0 saturated heterocycles. The highest BCUT2D eigenvalue weighted by Gasteiger charge is 2.11. The maximum Gasteiger partial charge on any atom is 0.269 e. The zero-order chi connectivity index (χ0) is 17.5. The molecule has 0 spiro atoms. The second-order valence-corrected chi connectivity index (χ2v) is 4.70. The van der Waals surface area contributed by atoms with Crippen LogP contribution in [-0.2, 0) is 4.79 Å². The third-order valence-electron chi connectivity index (χ3n) is 3.13. The van der Waals surface area contributed by atoms with Crippen LogP contribution < -0.4 is 10.1 Å². The summed E-state index contributed by atoms with van der Waals surface area (Å²) in [6.45, 7) is 0. The fourth-order valence-electron chi connectivity index (χ4n) is 1.88. The van der Waals surface area contributed by atoms with Crippen LogP contribution in [0.1, 0.15) is 5.56 Å². The van der Waals surface area contributed by atoms with Crippen molar-refractivity contribution in [2.75, 3.05) is 12.4 Å². The summed E-state index contributed by atoms with van der Waals surface area (Å²) in [7, 11) is 1.54. The zero-order valence-corrected chi connectivity index (χ0v) is 12.7. The summed E-state index contributed by atoms with van der Waals surface area (Å²) in [4.78, 5) is 22.2. The number of carbonyl (C=O) groups excluding carboxylic acids is 1. The molecule has 0 aliphatic rings. The fraction of sp³-hybridized carbons (Fsp3) is 0.0588. The largest absolute Gasteiger partial charge is 0.497 e. The first-order chi connectivity index (χ1) is 11.5. The van der Waals surface area contributed by atoms with Crippen molar-refractivity contribution in [2.24, 2.45) is 0 Å². The van der Waals surface area contributed by atoms with Gasteiger partial charge in [0.05, 0.1) is 12.0 Å². The van der Waals surface area contributed by atoms with E-state index < -0.39 is 10.8 Å². The van der Waals surface area contributed by atoms with E-state index in [4.69, 9.17) is 10.00 Å². The Morgan fingerprint density at radius 1 is 1.21 bits per heavy atom. The third-order valence-corrected chi connectivity index (χ3v) is 3.13. The molecule has 0 atom stereocenters. The maximum absolute atomic E-state index is 12.1. The van der Waals surface area contributed by atoms with Gasteiger partial charge in [0, 0.05) is 17.8 Å². The van der Waals surface area contributed by atoms with Crippen LogP contribution in [0.3, 0.4) is 0 Å². The van der Waals surface area contributed by atoms with Crippen molar-refractivity contribution in [1.29, 1.82) is 5.26 Å². The summed E-state index contributed by atoms with van der Waals surface area (Å²) in [5.74, 6) is 0.0724. The smallest absolute Gasteiger partial charge is 0.269 e. The van der Waals surface area contributed by atoms with Crippen LogP contribution in [0.5, 0.6) is 5.75 Å². The predicted octanol–water partition coefficient (Wildman–Crippen LogP) is 3.15. The lowest BCUT2D eigenvalue weighted by Gasteiger charge is -2.04. The molecule has 7 heteroatoms. The molecule has 0 aliphatic carbocycles. The van der Waals surface area contributed by atoms with Crippen molar-refractivity contribution in [2.45, 2.75) is 0 Å². The van der Waals surface area contributed by atoms with Gasteiger partial charge in [0.1, 0.15) is 17.4 Å². The molecule has 7 nitrogen and oxygen atoms in total. The van der Waals surface area contributed by atoms with Crippen LogP contribution in [0.2, 0.25) is 0 Å². The number of nitriles is 1. The summed E-state index contributed by atoms with van der Waals surface area (Å²) in [6.07, 6.45) is 1.44. The number of methoxy groups -OCH3 is 1. The molecule has 2 aromatic carbocycles. The molecule has 120 valence electrons. The van der Waals surface area contributed by atoms with Gasteiger partial charge in [-0.2, -0.15) is 5.26 Å². The number of carbonyl (C=O) groups is 1. The Morgan fingerprint density at radius 3 is 2.33 bits per heavy atom. The Hall–Kier alpha value is -3.66. The van der Waals surface area contributed by atoms with Gasteiger partial charge in [-0.3, -0.25) is 14.9 Å². The highest BCUT2D eigenvalue weighted by Crippen LogP contribution is 2.17. The number of nitro groups is 1.